The number of hydrogen-bond donors (Lipinski definition) is 1. The summed E-state index contributed by atoms with van der Waals surface area (Å²) in [7, 11) is 1.60. The SMILES string of the molecule is COC(C)N(c1cccc(NC(=O)c2ccccc2)c1)C(C)C#N. The number of ether oxygens (including phenoxy) is 1. The third-order valence-corrected chi connectivity index (χ3v) is 3.78. The molecule has 0 aliphatic heterocycles. The molecule has 1 amide bonds. The van der Waals surface area contributed by atoms with Gasteiger partial charge in [-0.25, -0.2) is 0 Å². The number of nitrogens with one attached hydrogen (secondary N) is 1. The van der Waals surface area contributed by atoms with Crippen molar-refractivity contribution >= 4 is 17.3 Å². The maximum Gasteiger partial charge on any atom is 0.255 e. The molecule has 0 spiro atoms. The summed E-state index contributed by atoms with van der Waals surface area (Å²) in [5.41, 5.74) is 2.07. The molecule has 2 rings (SSSR count). The molecule has 2 aromatic rings. The lowest BCUT2D eigenvalue weighted by atomic mass is 10.2. The molecular formula is C19H21N3O2. The van der Waals surface area contributed by atoms with Gasteiger partial charge in [-0.15, -0.1) is 0 Å². The smallest absolute Gasteiger partial charge is 0.255 e. The summed E-state index contributed by atoms with van der Waals surface area (Å²) in [6.45, 7) is 3.69. The molecule has 0 aliphatic rings. The van der Waals surface area contributed by atoms with Crippen LogP contribution in [0.25, 0.3) is 0 Å². The quantitative estimate of drug-likeness (QED) is 0.824. The molecule has 0 heterocycles. The van der Waals surface area contributed by atoms with Gasteiger partial charge in [-0.05, 0) is 44.2 Å². The Kier molecular flexibility index (Phi) is 5.94. The fraction of sp³-hybridized carbons (Fsp3) is 0.263. The van der Waals surface area contributed by atoms with Gasteiger partial charge in [-0.1, -0.05) is 24.3 Å². The molecule has 0 saturated heterocycles. The number of nitrogens with zero attached hydrogens (tertiary/aromatic N) is 2. The number of methoxy groups -OCH3 is 1. The van der Waals surface area contributed by atoms with Crippen LogP contribution < -0.4 is 10.2 Å². The average molecular weight is 323 g/mol. The lowest BCUT2D eigenvalue weighted by molar-refractivity contribution is 0.102. The zero-order valence-corrected chi connectivity index (χ0v) is 14.1. The number of amides is 1. The van der Waals surface area contributed by atoms with Gasteiger partial charge in [0.05, 0.1) is 6.07 Å². The van der Waals surface area contributed by atoms with Crippen LogP contribution in [-0.4, -0.2) is 25.3 Å². The number of hydrogen-bond acceptors (Lipinski definition) is 4. The van der Waals surface area contributed by atoms with Crippen molar-refractivity contribution in [2.45, 2.75) is 26.1 Å². The van der Waals surface area contributed by atoms with E-state index in [-0.39, 0.29) is 18.2 Å². The molecule has 124 valence electrons. The first-order valence-electron chi connectivity index (χ1n) is 7.74. The van der Waals surface area contributed by atoms with E-state index in [4.69, 9.17) is 4.74 Å². The predicted molar refractivity (Wildman–Crippen MR) is 94.9 cm³/mol. The summed E-state index contributed by atoms with van der Waals surface area (Å²) >= 11 is 0. The molecule has 0 fully saturated rings. The van der Waals surface area contributed by atoms with E-state index in [1.807, 2.05) is 61.2 Å². The standard InChI is InChI=1S/C19H21N3O2/c1-14(13-20)22(15(2)24-3)18-11-7-10-17(12-18)21-19(23)16-8-5-4-6-9-16/h4-12,14-15H,1-3H3,(H,21,23). The first kappa shape index (κ1) is 17.5. The van der Waals surface area contributed by atoms with Crippen molar-refractivity contribution < 1.29 is 9.53 Å². The average Bonchev–Trinajstić information content (AvgIpc) is 2.62. The van der Waals surface area contributed by atoms with Crippen LogP contribution in [-0.2, 0) is 4.74 Å². The summed E-state index contributed by atoms with van der Waals surface area (Å²) in [5, 5.41) is 12.1. The highest BCUT2D eigenvalue weighted by molar-refractivity contribution is 6.04. The number of anilines is 2. The highest BCUT2D eigenvalue weighted by Gasteiger charge is 2.20. The van der Waals surface area contributed by atoms with Crippen LogP contribution in [0, 0.1) is 11.3 Å². The van der Waals surface area contributed by atoms with Crippen LogP contribution in [0.5, 0.6) is 0 Å². The number of carbonyl (C=O) groups excluding carboxylic acids is 1. The molecule has 0 aromatic heterocycles. The Balaban J connectivity index is 2.24. The molecule has 5 nitrogen and oxygen atoms in total. The summed E-state index contributed by atoms with van der Waals surface area (Å²) in [6, 6.07) is 18.3. The van der Waals surface area contributed by atoms with Crippen molar-refractivity contribution in [2.75, 3.05) is 17.3 Å². The Labute approximate surface area is 142 Å². The minimum Gasteiger partial charge on any atom is -0.362 e. The van der Waals surface area contributed by atoms with E-state index in [1.54, 1.807) is 19.2 Å². The van der Waals surface area contributed by atoms with Crippen molar-refractivity contribution in [1.29, 1.82) is 5.26 Å². The minimum absolute atomic E-state index is 0.174. The Bertz CT molecular complexity index is 725. The zero-order chi connectivity index (χ0) is 17.5. The van der Waals surface area contributed by atoms with E-state index >= 15 is 0 Å². The molecule has 1 N–H and O–H groups in total. The van der Waals surface area contributed by atoms with Crippen LogP contribution >= 0.6 is 0 Å². The number of carbonyl (C=O) groups is 1. The fourth-order valence-electron chi connectivity index (χ4n) is 2.46. The molecule has 0 saturated carbocycles. The lowest BCUT2D eigenvalue weighted by Crippen LogP contribution is -2.40. The maximum atomic E-state index is 12.3. The van der Waals surface area contributed by atoms with Gasteiger partial charge in [0.1, 0.15) is 12.3 Å². The van der Waals surface area contributed by atoms with Gasteiger partial charge in [-0.2, -0.15) is 5.26 Å². The highest BCUT2D eigenvalue weighted by Crippen LogP contribution is 2.24. The zero-order valence-electron chi connectivity index (χ0n) is 14.1. The fourth-order valence-corrected chi connectivity index (χ4v) is 2.46. The van der Waals surface area contributed by atoms with E-state index in [9.17, 15) is 10.1 Å². The number of benzene rings is 2. The van der Waals surface area contributed by atoms with Crippen molar-refractivity contribution in [3.05, 3.63) is 60.2 Å². The van der Waals surface area contributed by atoms with Crippen molar-refractivity contribution in [2.24, 2.45) is 0 Å². The van der Waals surface area contributed by atoms with Crippen LogP contribution in [0.15, 0.2) is 54.6 Å². The Hall–Kier alpha value is -2.84. The van der Waals surface area contributed by atoms with Crippen LogP contribution in [0.1, 0.15) is 24.2 Å². The van der Waals surface area contributed by atoms with Crippen LogP contribution in [0.4, 0.5) is 11.4 Å². The molecule has 0 aliphatic carbocycles. The van der Waals surface area contributed by atoms with Gasteiger partial charge in [0.15, 0.2) is 0 Å². The molecule has 5 heteroatoms. The molecule has 2 unspecified atom stereocenters. The number of nitriles is 1. The third kappa shape index (κ3) is 4.12. The second-order valence-corrected chi connectivity index (χ2v) is 5.42. The van der Waals surface area contributed by atoms with Gasteiger partial charge >= 0.3 is 0 Å². The van der Waals surface area contributed by atoms with Crippen LogP contribution in [0.3, 0.4) is 0 Å². The van der Waals surface area contributed by atoms with Gasteiger partial charge in [-0.3, -0.25) is 4.79 Å². The van der Waals surface area contributed by atoms with Gasteiger partial charge in [0.2, 0.25) is 0 Å². The molecule has 24 heavy (non-hydrogen) atoms. The molecular weight excluding hydrogens is 302 g/mol. The van der Waals surface area contributed by atoms with Crippen LogP contribution in [0.2, 0.25) is 0 Å². The third-order valence-electron chi connectivity index (χ3n) is 3.78. The van der Waals surface area contributed by atoms with Gasteiger partial charge in [0.25, 0.3) is 5.91 Å². The van der Waals surface area contributed by atoms with E-state index in [2.05, 4.69) is 11.4 Å². The predicted octanol–water partition coefficient (Wildman–Crippen LogP) is 3.65. The Morgan fingerprint density at radius 3 is 2.50 bits per heavy atom. The normalized spacial score (nSPS) is 12.8. The van der Waals surface area contributed by atoms with E-state index in [0.29, 0.717) is 11.3 Å². The minimum atomic E-state index is -0.361. The maximum absolute atomic E-state index is 12.3. The topological polar surface area (TPSA) is 65.4 Å². The molecule has 2 aromatic carbocycles. The van der Waals surface area contributed by atoms with Crippen molar-refractivity contribution in [1.82, 2.24) is 0 Å². The number of rotatable bonds is 6. The van der Waals surface area contributed by atoms with Crippen molar-refractivity contribution in [3.63, 3.8) is 0 Å². The van der Waals surface area contributed by atoms with E-state index in [0.717, 1.165) is 5.69 Å². The van der Waals surface area contributed by atoms with E-state index in [1.165, 1.54) is 0 Å². The second kappa shape index (κ2) is 8.14. The second-order valence-electron chi connectivity index (χ2n) is 5.42. The van der Waals surface area contributed by atoms with E-state index < -0.39 is 0 Å². The lowest BCUT2D eigenvalue weighted by Gasteiger charge is -2.32. The summed E-state index contributed by atoms with van der Waals surface area (Å²) in [4.78, 5) is 14.1. The molecule has 2 atom stereocenters. The Morgan fingerprint density at radius 2 is 1.88 bits per heavy atom. The molecule has 0 bridgehead atoms. The summed E-state index contributed by atoms with van der Waals surface area (Å²) in [5.74, 6) is -0.174. The Morgan fingerprint density at radius 1 is 1.17 bits per heavy atom. The highest BCUT2D eigenvalue weighted by atomic mass is 16.5. The molecule has 0 radical (unpaired) electrons. The summed E-state index contributed by atoms with van der Waals surface area (Å²) in [6.07, 6.45) is -0.264. The monoisotopic (exact) mass is 323 g/mol. The largest absolute Gasteiger partial charge is 0.362 e. The van der Waals surface area contributed by atoms with Gasteiger partial charge in [0, 0.05) is 24.0 Å². The first-order chi connectivity index (χ1) is 11.6. The first-order valence-corrected chi connectivity index (χ1v) is 7.74. The van der Waals surface area contributed by atoms with Gasteiger partial charge < -0.3 is 15.0 Å². The summed E-state index contributed by atoms with van der Waals surface area (Å²) < 4.78 is 5.37. The van der Waals surface area contributed by atoms with Crippen molar-refractivity contribution in [3.8, 4) is 6.07 Å².